The molecule has 0 saturated heterocycles. The molecule has 1 amide bonds. The predicted molar refractivity (Wildman–Crippen MR) is 119 cm³/mol. The van der Waals surface area contributed by atoms with E-state index in [1.165, 1.54) is 18.2 Å². The summed E-state index contributed by atoms with van der Waals surface area (Å²) in [6, 6.07) is 13.8. The number of nitrogens with zero attached hydrogens (tertiary/aromatic N) is 4. The van der Waals surface area contributed by atoms with Gasteiger partial charge in [-0.15, -0.1) is 5.10 Å². The summed E-state index contributed by atoms with van der Waals surface area (Å²) in [6.45, 7) is 0. The van der Waals surface area contributed by atoms with E-state index in [1.807, 2.05) is 24.3 Å². The monoisotopic (exact) mass is 434 g/mol. The highest BCUT2D eigenvalue weighted by Crippen LogP contribution is 2.25. The predicted octanol–water partition coefficient (Wildman–Crippen LogP) is 4.29. The number of carbonyl (C=O) groups is 1. The minimum atomic E-state index is -0.301. The lowest BCUT2D eigenvalue weighted by Crippen LogP contribution is -2.07. The molecule has 0 aliphatic carbocycles. The molecule has 0 unspecified atom stereocenters. The molecule has 0 aliphatic rings. The normalized spacial score (nSPS) is 11.2. The molecule has 2 N–H and O–H groups in total. The van der Waals surface area contributed by atoms with Crippen LogP contribution in [0.15, 0.2) is 72.0 Å². The summed E-state index contributed by atoms with van der Waals surface area (Å²) in [4.78, 5) is 12.4. The van der Waals surface area contributed by atoms with Gasteiger partial charge < -0.3 is 5.32 Å². The number of hydrogen-bond donors (Lipinski definition) is 2. The molecular weight excluding hydrogens is 415 g/mol. The number of aryl methyl sites for hydroxylation is 1. The number of H-pyrrole nitrogens is 1. The van der Waals surface area contributed by atoms with Crippen molar-refractivity contribution in [2.24, 2.45) is 7.05 Å². The molecule has 0 bridgehead atoms. The van der Waals surface area contributed by atoms with Crippen LogP contribution in [0.2, 0.25) is 0 Å². The topological polar surface area (TPSA) is 88.5 Å². The Morgan fingerprint density at radius 2 is 1.94 bits per heavy atom. The van der Waals surface area contributed by atoms with Crippen LogP contribution in [0.4, 0.5) is 10.1 Å². The quantitative estimate of drug-likeness (QED) is 0.335. The van der Waals surface area contributed by atoms with Crippen molar-refractivity contribution in [3.63, 3.8) is 0 Å². The fraction of sp³-hybridized carbons (Fsp3) is 0.0909. The maximum Gasteiger partial charge on any atom is 0.248 e. The third-order valence-electron chi connectivity index (χ3n) is 4.50. The van der Waals surface area contributed by atoms with Crippen molar-refractivity contribution >= 4 is 29.4 Å². The van der Waals surface area contributed by atoms with E-state index in [0.29, 0.717) is 5.69 Å². The van der Waals surface area contributed by atoms with Gasteiger partial charge in [-0.25, -0.2) is 4.39 Å². The highest BCUT2D eigenvalue weighted by atomic mass is 32.2. The van der Waals surface area contributed by atoms with Crippen molar-refractivity contribution in [3.05, 3.63) is 83.9 Å². The summed E-state index contributed by atoms with van der Waals surface area (Å²) in [5.74, 6) is 0.206. The summed E-state index contributed by atoms with van der Waals surface area (Å²) in [7, 11) is 1.80. The second-order valence-electron chi connectivity index (χ2n) is 6.70. The van der Waals surface area contributed by atoms with E-state index in [2.05, 4.69) is 25.8 Å². The molecule has 31 heavy (non-hydrogen) atoms. The molecule has 0 atom stereocenters. The van der Waals surface area contributed by atoms with Crippen LogP contribution in [0.5, 0.6) is 0 Å². The zero-order chi connectivity index (χ0) is 21.6. The van der Waals surface area contributed by atoms with Crippen LogP contribution in [0.3, 0.4) is 0 Å². The van der Waals surface area contributed by atoms with E-state index in [0.717, 1.165) is 33.2 Å². The molecule has 4 rings (SSSR count). The number of aromatic amines is 1. The van der Waals surface area contributed by atoms with Gasteiger partial charge in [0, 0.05) is 35.7 Å². The molecule has 7 nitrogen and oxygen atoms in total. The Hall–Kier alpha value is -3.72. The number of nitrogens with one attached hydrogen (secondary N) is 2. The summed E-state index contributed by atoms with van der Waals surface area (Å²) >= 11 is 1.58. The minimum absolute atomic E-state index is 0.251. The number of aromatic nitrogens is 5. The van der Waals surface area contributed by atoms with E-state index >= 15 is 0 Å². The van der Waals surface area contributed by atoms with Crippen LogP contribution in [0.25, 0.3) is 17.3 Å². The number of hydrogen-bond acceptors (Lipinski definition) is 5. The smallest absolute Gasteiger partial charge is 0.248 e. The van der Waals surface area contributed by atoms with Crippen molar-refractivity contribution in [3.8, 4) is 11.3 Å². The highest BCUT2D eigenvalue weighted by Gasteiger charge is 2.09. The van der Waals surface area contributed by atoms with Crippen molar-refractivity contribution in [1.29, 1.82) is 0 Å². The first-order valence-electron chi connectivity index (χ1n) is 9.43. The summed E-state index contributed by atoms with van der Waals surface area (Å²) < 4.78 is 14.9. The molecule has 0 spiro atoms. The summed E-state index contributed by atoms with van der Waals surface area (Å²) in [5.41, 5.74) is 4.21. The van der Waals surface area contributed by atoms with Crippen molar-refractivity contribution in [1.82, 2.24) is 25.2 Å². The molecule has 2 aromatic carbocycles. The van der Waals surface area contributed by atoms with Gasteiger partial charge in [0.1, 0.15) is 10.8 Å². The van der Waals surface area contributed by atoms with E-state index in [1.54, 1.807) is 54.1 Å². The van der Waals surface area contributed by atoms with Gasteiger partial charge in [-0.3, -0.25) is 9.48 Å². The molecule has 0 fully saturated rings. The zero-order valence-corrected chi connectivity index (χ0v) is 17.4. The van der Waals surface area contributed by atoms with E-state index in [-0.39, 0.29) is 11.7 Å². The van der Waals surface area contributed by atoms with Gasteiger partial charge in [-0.05, 0) is 48.0 Å². The van der Waals surface area contributed by atoms with Crippen LogP contribution in [-0.2, 0) is 17.6 Å². The standard InChI is InChI=1S/C22H19FN6OS/c1-29-22(16-4-7-18(23)8-5-16)17(12-25-29)6-11-20(30)26-19-9-2-15(3-10-19)14-31-21-13-24-28-27-21/h2-13H,14H2,1H3,(H,26,30)(H,24,27,28). The highest BCUT2D eigenvalue weighted by molar-refractivity contribution is 7.98. The van der Waals surface area contributed by atoms with Gasteiger partial charge in [-0.1, -0.05) is 23.9 Å². The fourth-order valence-electron chi connectivity index (χ4n) is 2.99. The van der Waals surface area contributed by atoms with Crippen LogP contribution >= 0.6 is 11.8 Å². The number of amides is 1. The number of anilines is 1. The maximum atomic E-state index is 13.2. The van der Waals surface area contributed by atoms with Gasteiger partial charge in [-0.2, -0.15) is 15.4 Å². The van der Waals surface area contributed by atoms with E-state index in [4.69, 9.17) is 0 Å². The number of thioether (sulfide) groups is 1. The Labute approximate surface area is 182 Å². The molecule has 2 heterocycles. The second kappa shape index (κ2) is 9.40. The van der Waals surface area contributed by atoms with Gasteiger partial charge in [0.2, 0.25) is 5.91 Å². The van der Waals surface area contributed by atoms with Crippen molar-refractivity contribution in [2.75, 3.05) is 5.32 Å². The Morgan fingerprint density at radius 3 is 2.65 bits per heavy atom. The molecule has 4 aromatic rings. The first kappa shape index (κ1) is 20.5. The summed E-state index contributed by atoms with van der Waals surface area (Å²) in [5, 5.41) is 18.3. The maximum absolute atomic E-state index is 13.2. The Morgan fingerprint density at radius 1 is 1.16 bits per heavy atom. The lowest BCUT2D eigenvalue weighted by atomic mass is 10.1. The number of rotatable bonds is 7. The van der Waals surface area contributed by atoms with E-state index < -0.39 is 0 Å². The molecule has 0 saturated carbocycles. The third kappa shape index (κ3) is 5.26. The van der Waals surface area contributed by atoms with Gasteiger partial charge in [0.15, 0.2) is 0 Å². The zero-order valence-electron chi connectivity index (χ0n) is 16.6. The van der Waals surface area contributed by atoms with Gasteiger partial charge >= 0.3 is 0 Å². The number of carbonyl (C=O) groups excluding carboxylic acids is 1. The third-order valence-corrected chi connectivity index (χ3v) is 5.47. The van der Waals surface area contributed by atoms with Crippen LogP contribution in [0.1, 0.15) is 11.1 Å². The number of halogens is 1. The van der Waals surface area contributed by atoms with Crippen molar-refractivity contribution in [2.45, 2.75) is 10.8 Å². The Balaban J connectivity index is 1.38. The largest absolute Gasteiger partial charge is 0.323 e. The van der Waals surface area contributed by atoms with Crippen molar-refractivity contribution < 1.29 is 9.18 Å². The molecule has 0 radical (unpaired) electrons. The SMILES string of the molecule is Cn1ncc(C=CC(=O)Nc2ccc(CSc3cn[nH]n3)cc2)c1-c1ccc(F)cc1. The Kier molecular flexibility index (Phi) is 6.23. The first-order valence-corrected chi connectivity index (χ1v) is 10.4. The fourth-order valence-corrected chi connectivity index (χ4v) is 3.73. The van der Waals surface area contributed by atoms with Gasteiger partial charge in [0.25, 0.3) is 0 Å². The lowest BCUT2D eigenvalue weighted by Gasteiger charge is -2.05. The molecule has 9 heteroatoms. The Bertz CT molecular complexity index is 1180. The van der Waals surface area contributed by atoms with E-state index in [9.17, 15) is 9.18 Å². The summed E-state index contributed by atoms with van der Waals surface area (Å²) in [6.07, 6.45) is 6.50. The molecular formula is C22H19FN6OS. The minimum Gasteiger partial charge on any atom is -0.323 e. The van der Waals surface area contributed by atoms with Crippen LogP contribution < -0.4 is 5.32 Å². The molecule has 0 aliphatic heterocycles. The number of benzene rings is 2. The lowest BCUT2D eigenvalue weighted by molar-refractivity contribution is -0.111. The first-order chi connectivity index (χ1) is 15.1. The average Bonchev–Trinajstić information content (AvgIpc) is 3.42. The van der Waals surface area contributed by atoms with Crippen LogP contribution in [0, 0.1) is 5.82 Å². The molecule has 156 valence electrons. The average molecular weight is 435 g/mol. The van der Waals surface area contributed by atoms with Gasteiger partial charge in [0.05, 0.1) is 18.1 Å². The van der Waals surface area contributed by atoms with Crippen LogP contribution in [-0.4, -0.2) is 31.1 Å². The second-order valence-corrected chi connectivity index (χ2v) is 7.69. The molecule has 2 aromatic heterocycles.